The van der Waals surface area contributed by atoms with Crippen molar-refractivity contribution in [3.63, 3.8) is 0 Å². The van der Waals surface area contributed by atoms with Crippen molar-refractivity contribution < 1.29 is 5.11 Å². The second-order valence-corrected chi connectivity index (χ2v) is 5.47. The molecule has 7 heteroatoms. The summed E-state index contributed by atoms with van der Waals surface area (Å²) in [4.78, 5) is 2.32. The van der Waals surface area contributed by atoms with Crippen LogP contribution in [0.15, 0.2) is 30.6 Å². The normalized spacial score (nSPS) is 19.3. The minimum absolute atomic E-state index is 0.0755. The molecule has 2 aromatic rings. The summed E-state index contributed by atoms with van der Waals surface area (Å²) in [6, 6.07) is 8.01. The summed E-state index contributed by atoms with van der Waals surface area (Å²) in [6.07, 6.45) is 1.57. The van der Waals surface area contributed by atoms with Gasteiger partial charge < -0.3 is 10.4 Å². The van der Waals surface area contributed by atoms with E-state index in [-0.39, 0.29) is 6.61 Å². The molecule has 2 heterocycles. The van der Waals surface area contributed by atoms with Crippen LogP contribution in [0.1, 0.15) is 12.5 Å². The van der Waals surface area contributed by atoms with E-state index in [1.165, 1.54) is 0 Å². The van der Waals surface area contributed by atoms with Gasteiger partial charge in [-0.05, 0) is 35.0 Å². The molecule has 7 nitrogen and oxygen atoms in total. The molecular formula is C14H20N6O. The highest BCUT2D eigenvalue weighted by Gasteiger charge is 2.34. The predicted molar refractivity (Wildman–Crippen MR) is 78.0 cm³/mol. The van der Waals surface area contributed by atoms with Crippen LogP contribution in [0, 0.1) is 0 Å². The molecule has 1 saturated heterocycles. The average Bonchev–Trinajstić information content (AvgIpc) is 3.09. The zero-order valence-electron chi connectivity index (χ0n) is 12.1. The molecule has 0 bridgehead atoms. The molecule has 0 radical (unpaired) electrons. The Balaban J connectivity index is 1.95. The number of nitrogens with zero attached hydrogens (tertiary/aromatic N) is 5. The summed E-state index contributed by atoms with van der Waals surface area (Å²) >= 11 is 0. The number of aliphatic hydroxyl groups excluding tert-OH is 1. The molecule has 0 aliphatic carbocycles. The maximum Gasteiger partial charge on any atom is 0.143 e. The van der Waals surface area contributed by atoms with E-state index in [9.17, 15) is 5.11 Å². The molecule has 1 aromatic carbocycles. The van der Waals surface area contributed by atoms with Crippen LogP contribution >= 0.6 is 0 Å². The molecule has 1 aromatic heterocycles. The molecule has 21 heavy (non-hydrogen) atoms. The first-order valence-corrected chi connectivity index (χ1v) is 7.14. The fourth-order valence-corrected chi connectivity index (χ4v) is 2.80. The van der Waals surface area contributed by atoms with Crippen molar-refractivity contribution in [1.82, 2.24) is 30.4 Å². The van der Waals surface area contributed by atoms with Crippen LogP contribution in [0.3, 0.4) is 0 Å². The molecule has 3 rings (SSSR count). The van der Waals surface area contributed by atoms with E-state index in [1.54, 1.807) is 11.0 Å². The summed E-state index contributed by atoms with van der Waals surface area (Å²) in [5.41, 5.74) is 1.57. The van der Waals surface area contributed by atoms with Gasteiger partial charge in [0.2, 0.25) is 0 Å². The summed E-state index contributed by atoms with van der Waals surface area (Å²) in [5, 5.41) is 24.6. The molecule has 2 N–H and O–H groups in total. The van der Waals surface area contributed by atoms with Crippen molar-refractivity contribution >= 4 is 0 Å². The Labute approximate surface area is 123 Å². The lowest BCUT2D eigenvalue weighted by atomic mass is 9.90. The van der Waals surface area contributed by atoms with E-state index < -0.39 is 5.54 Å². The van der Waals surface area contributed by atoms with E-state index in [0.717, 1.165) is 37.4 Å². The number of rotatable bonds is 4. The number of nitrogens with one attached hydrogen (secondary N) is 1. The van der Waals surface area contributed by atoms with E-state index in [4.69, 9.17) is 0 Å². The highest BCUT2D eigenvalue weighted by atomic mass is 16.3. The van der Waals surface area contributed by atoms with Gasteiger partial charge in [-0.3, -0.25) is 4.90 Å². The smallest absolute Gasteiger partial charge is 0.143 e. The summed E-state index contributed by atoms with van der Waals surface area (Å²) in [6.45, 7) is 5.89. The second kappa shape index (κ2) is 5.88. The molecule has 1 aliphatic rings. The largest absolute Gasteiger partial charge is 0.394 e. The molecule has 1 aliphatic heterocycles. The van der Waals surface area contributed by atoms with Gasteiger partial charge in [0.15, 0.2) is 0 Å². The minimum atomic E-state index is -0.397. The molecule has 0 amide bonds. The van der Waals surface area contributed by atoms with Gasteiger partial charge in [-0.1, -0.05) is 12.1 Å². The van der Waals surface area contributed by atoms with Crippen LogP contribution in [-0.4, -0.2) is 63.0 Å². The van der Waals surface area contributed by atoms with Crippen molar-refractivity contribution in [1.29, 1.82) is 0 Å². The zero-order valence-corrected chi connectivity index (χ0v) is 12.1. The topological polar surface area (TPSA) is 79.1 Å². The van der Waals surface area contributed by atoms with Crippen LogP contribution in [0.25, 0.3) is 5.69 Å². The number of hydrogen-bond donors (Lipinski definition) is 2. The van der Waals surface area contributed by atoms with Gasteiger partial charge in [0.05, 0.1) is 17.8 Å². The first-order valence-electron chi connectivity index (χ1n) is 7.14. The van der Waals surface area contributed by atoms with Crippen molar-refractivity contribution in [2.45, 2.75) is 12.5 Å². The Kier molecular flexibility index (Phi) is 3.96. The Morgan fingerprint density at radius 1 is 1.33 bits per heavy atom. The highest BCUT2D eigenvalue weighted by molar-refractivity contribution is 5.38. The Morgan fingerprint density at radius 3 is 2.81 bits per heavy atom. The summed E-state index contributed by atoms with van der Waals surface area (Å²) in [5.74, 6) is 0. The number of piperazine rings is 1. The van der Waals surface area contributed by atoms with Crippen LogP contribution in [0.5, 0.6) is 0 Å². The monoisotopic (exact) mass is 288 g/mol. The Hall–Kier alpha value is -1.83. The zero-order chi connectivity index (χ0) is 14.7. The quantitative estimate of drug-likeness (QED) is 0.809. The molecular weight excluding hydrogens is 268 g/mol. The fourth-order valence-electron chi connectivity index (χ4n) is 2.80. The summed E-state index contributed by atoms with van der Waals surface area (Å²) < 4.78 is 1.62. The van der Waals surface area contributed by atoms with E-state index in [2.05, 4.69) is 32.7 Å². The lowest BCUT2D eigenvalue weighted by Gasteiger charge is -2.43. The third-order valence-corrected chi connectivity index (χ3v) is 4.20. The molecule has 1 atom stereocenters. The second-order valence-electron chi connectivity index (χ2n) is 5.47. The lowest BCUT2D eigenvalue weighted by molar-refractivity contribution is 0.0311. The molecule has 1 fully saturated rings. The average molecular weight is 288 g/mol. The van der Waals surface area contributed by atoms with Crippen LogP contribution in [0.2, 0.25) is 0 Å². The molecule has 1 unspecified atom stereocenters. The fraction of sp³-hybridized carbons (Fsp3) is 0.500. The van der Waals surface area contributed by atoms with Gasteiger partial charge in [-0.25, -0.2) is 4.68 Å². The van der Waals surface area contributed by atoms with Gasteiger partial charge in [-0.15, -0.1) is 5.10 Å². The molecule has 0 spiro atoms. The molecule has 0 saturated carbocycles. The third kappa shape index (κ3) is 2.67. The lowest BCUT2D eigenvalue weighted by Crippen LogP contribution is -2.54. The van der Waals surface area contributed by atoms with E-state index in [0.29, 0.717) is 0 Å². The highest BCUT2D eigenvalue weighted by Crippen LogP contribution is 2.29. The number of hydrogen-bond acceptors (Lipinski definition) is 6. The van der Waals surface area contributed by atoms with Gasteiger partial charge >= 0.3 is 0 Å². The Bertz CT molecular complexity index is 581. The number of benzene rings is 1. The predicted octanol–water partition coefficient (Wildman–Crippen LogP) is -0.225. The third-order valence-electron chi connectivity index (χ3n) is 4.20. The van der Waals surface area contributed by atoms with Crippen molar-refractivity contribution in [3.05, 3.63) is 36.2 Å². The van der Waals surface area contributed by atoms with Crippen molar-refractivity contribution in [3.8, 4) is 5.69 Å². The SMILES string of the molecule is CC(CO)(c1cccc(-n2cnnn2)c1)N1CCNCC1. The summed E-state index contributed by atoms with van der Waals surface area (Å²) in [7, 11) is 0. The van der Waals surface area contributed by atoms with Crippen LogP contribution < -0.4 is 5.32 Å². The van der Waals surface area contributed by atoms with Gasteiger partial charge in [-0.2, -0.15) is 0 Å². The van der Waals surface area contributed by atoms with Crippen LogP contribution in [-0.2, 0) is 5.54 Å². The molecule has 112 valence electrons. The van der Waals surface area contributed by atoms with E-state index in [1.807, 2.05) is 24.3 Å². The van der Waals surface area contributed by atoms with Crippen molar-refractivity contribution in [2.24, 2.45) is 0 Å². The maximum absolute atomic E-state index is 10.0. The van der Waals surface area contributed by atoms with Gasteiger partial charge in [0.25, 0.3) is 0 Å². The van der Waals surface area contributed by atoms with Gasteiger partial charge in [0.1, 0.15) is 6.33 Å². The number of aromatic nitrogens is 4. The Morgan fingerprint density at radius 2 is 2.14 bits per heavy atom. The van der Waals surface area contributed by atoms with Crippen molar-refractivity contribution in [2.75, 3.05) is 32.8 Å². The van der Waals surface area contributed by atoms with E-state index >= 15 is 0 Å². The standard InChI is InChI=1S/C14H20N6O/c1-14(10-21,19-7-5-15-6-8-19)12-3-2-4-13(9-12)20-11-16-17-18-20/h2-4,9,11,15,21H,5-8,10H2,1H3. The number of aliphatic hydroxyl groups is 1. The first-order chi connectivity index (χ1) is 10.2. The maximum atomic E-state index is 10.0. The number of tetrazole rings is 1. The van der Waals surface area contributed by atoms with Crippen LogP contribution in [0.4, 0.5) is 0 Å². The minimum Gasteiger partial charge on any atom is -0.394 e. The first kappa shape index (κ1) is 14.1. The van der Waals surface area contributed by atoms with Gasteiger partial charge in [0, 0.05) is 26.2 Å².